The van der Waals surface area contributed by atoms with E-state index in [1.807, 2.05) is 0 Å². The van der Waals surface area contributed by atoms with Crippen LogP contribution in [-0.4, -0.2) is 47.7 Å². The first-order valence-electron chi connectivity index (χ1n) is 7.89. The highest BCUT2D eigenvalue weighted by molar-refractivity contribution is 7.15. The maximum absolute atomic E-state index is 13.1. The van der Waals surface area contributed by atoms with Gasteiger partial charge in [0.2, 0.25) is 0 Å². The molecule has 4 heterocycles. The summed E-state index contributed by atoms with van der Waals surface area (Å²) in [5, 5.41) is 18.2. The van der Waals surface area contributed by atoms with Crippen LogP contribution in [0.1, 0.15) is 27.0 Å². The molecule has 0 saturated carbocycles. The zero-order valence-corrected chi connectivity index (χ0v) is 14.9. The second-order valence-electron chi connectivity index (χ2n) is 5.96. The number of furan rings is 1. The molecule has 9 nitrogen and oxygen atoms in total. The summed E-state index contributed by atoms with van der Waals surface area (Å²) in [6.07, 6.45) is 1.54. The van der Waals surface area contributed by atoms with Gasteiger partial charge in [-0.2, -0.15) is 0 Å². The third kappa shape index (κ3) is 2.58. The Morgan fingerprint density at radius 3 is 2.85 bits per heavy atom. The number of carbonyl (C=O) groups is 2. The molecule has 1 atom stereocenters. The average Bonchev–Trinajstić information content (AvgIpc) is 3.33. The monoisotopic (exact) mass is 373 g/mol. The normalized spacial score (nSPS) is 16.5. The molecule has 0 bridgehead atoms. The summed E-state index contributed by atoms with van der Waals surface area (Å²) in [6.45, 7) is 3.73. The average molecular weight is 373 g/mol. The minimum Gasteiger partial charge on any atom is -0.480 e. The first-order chi connectivity index (χ1) is 12.5. The molecule has 1 N–H and O–H groups in total. The van der Waals surface area contributed by atoms with Gasteiger partial charge in [0.05, 0.1) is 19.4 Å². The van der Waals surface area contributed by atoms with Crippen LogP contribution in [-0.2, 0) is 17.9 Å². The minimum absolute atomic E-state index is 0.0731. The van der Waals surface area contributed by atoms with Crippen molar-refractivity contribution in [2.45, 2.75) is 33.0 Å². The largest absolute Gasteiger partial charge is 0.480 e. The van der Waals surface area contributed by atoms with Crippen molar-refractivity contribution in [2.75, 3.05) is 0 Å². The van der Waals surface area contributed by atoms with E-state index in [0.29, 0.717) is 27.3 Å². The molecule has 134 valence electrons. The summed E-state index contributed by atoms with van der Waals surface area (Å²) in [5.74, 6) is 0.254. The van der Waals surface area contributed by atoms with E-state index in [9.17, 15) is 14.7 Å². The predicted molar refractivity (Wildman–Crippen MR) is 90.6 cm³/mol. The van der Waals surface area contributed by atoms with Gasteiger partial charge >= 0.3 is 5.97 Å². The Morgan fingerprint density at radius 2 is 2.15 bits per heavy atom. The van der Waals surface area contributed by atoms with Gasteiger partial charge in [0.15, 0.2) is 16.6 Å². The van der Waals surface area contributed by atoms with Crippen LogP contribution in [0.15, 0.2) is 22.8 Å². The van der Waals surface area contributed by atoms with Crippen molar-refractivity contribution in [3.8, 4) is 10.8 Å². The van der Waals surface area contributed by atoms with Gasteiger partial charge in [-0.1, -0.05) is 0 Å². The molecular weight excluding hydrogens is 358 g/mol. The van der Waals surface area contributed by atoms with Crippen molar-refractivity contribution in [3.63, 3.8) is 0 Å². The minimum atomic E-state index is -1.07. The van der Waals surface area contributed by atoms with Gasteiger partial charge in [0, 0.05) is 4.88 Å². The number of rotatable bonds is 3. The quantitative estimate of drug-likeness (QED) is 0.743. The molecule has 1 aliphatic rings. The van der Waals surface area contributed by atoms with Crippen LogP contribution >= 0.6 is 11.3 Å². The molecule has 1 amide bonds. The lowest BCUT2D eigenvalue weighted by Gasteiger charge is -2.33. The molecule has 10 heteroatoms. The Labute approximate surface area is 151 Å². The third-order valence-corrected chi connectivity index (χ3v) is 5.32. The van der Waals surface area contributed by atoms with Gasteiger partial charge in [-0.15, -0.1) is 21.5 Å². The van der Waals surface area contributed by atoms with Gasteiger partial charge in [-0.05, 0) is 26.0 Å². The van der Waals surface area contributed by atoms with E-state index in [4.69, 9.17) is 4.42 Å². The number of hydrogen-bond acceptors (Lipinski definition) is 7. The SMILES string of the molecule is Cc1sc(-c2ccco2)nc1C(=O)N1Cc2nnc(C)n2CC1C(=O)O. The lowest BCUT2D eigenvalue weighted by Crippen LogP contribution is -2.51. The summed E-state index contributed by atoms with van der Waals surface area (Å²) in [4.78, 5) is 31.2. The molecule has 0 saturated heterocycles. The third-order valence-electron chi connectivity index (χ3n) is 4.33. The number of nitrogens with zero attached hydrogens (tertiary/aromatic N) is 5. The fourth-order valence-electron chi connectivity index (χ4n) is 2.97. The summed E-state index contributed by atoms with van der Waals surface area (Å²) >= 11 is 1.33. The number of aryl methyl sites for hydroxylation is 2. The van der Waals surface area contributed by atoms with Crippen LogP contribution in [0.25, 0.3) is 10.8 Å². The fourth-order valence-corrected chi connectivity index (χ4v) is 3.85. The summed E-state index contributed by atoms with van der Waals surface area (Å²) in [6, 6.07) is 2.50. The number of carbonyl (C=O) groups excluding carboxylic acids is 1. The number of fused-ring (bicyclic) bond motifs is 1. The van der Waals surface area contributed by atoms with E-state index in [1.165, 1.54) is 22.5 Å². The van der Waals surface area contributed by atoms with E-state index < -0.39 is 17.9 Å². The molecule has 3 aromatic rings. The Balaban J connectivity index is 1.70. The van der Waals surface area contributed by atoms with Crippen LogP contribution < -0.4 is 0 Å². The Morgan fingerprint density at radius 1 is 1.35 bits per heavy atom. The van der Waals surface area contributed by atoms with Crippen molar-refractivity contribution in [3.05, 3.63) is 40.6 Å². The van der Waals surface area contributed by atoms with E-state index in [2.05, 4.69) is 15.2 Å². The van der Waals surface area contributed by atoms with Gasteiger partial charge < -0.3 is 19.0 Å². The number of aromatic nitrogens is 4. The van der Waals surface area contributed by atoms with E-state index >= 15 is 0 Å². The van der Waals surface area contributed by atoms with E-state index in [1.54, 1.807) is 30.5 Å². The van der Waals surface area contributed by atoms with Crippen LogP contribution in [0.4, 0.5) is 0 Å². The zero-order valence-electron chi connectivity index (χ0n) is 14.0. The highest BCUT2D eigenvalue weighted by Gasteiger charge is 2.38. The molecular formula is C16H15N5O4S. The van der Waals surface area contributed by atoms with Gasteiger partial charge in [-0.3, -0.25) is 4.79 Å². The van der Waals surface area contributed by atoms with Crippen molar-refractivity contribution < 1.29 is 19.1 Å². The van der Waals surface area contributed by atoms with Crippen molar-refractivity contribution in [1.29, 1.82) is 0 Å². The Kier molecular flexibility index (Phi) is 3.83. The highest BCUT2D eigenvalue weighted by atomic mass is 32.1. The molecule has 1 aliphatic heterocycles. The molecule has 4 rings (SSSR count). The van der Waals surface area contributed by atoms with Crippen molar-refractivity contribution >= 4 is 23.2 Å². The topological polar surface area (TPSA) is 114 Å². The van der Waals surface area contributed by atoms with Crippen LogP contribution in [0.3, 0.4) is 0 Å². The number of carboxylic acid groups (broad SMARTS) is 1. The maximum Gasteiger partial charge on any atom is 0.328 e. The van der Waals surface area contributed by atoms with E-state index in [-0.39, 0.29) is 18.8 Å². The van der Waals surface area contributed by atoms with Crippen LogP contribution in [0, 0.1) is 13.8 Å². The number of hydrogen-bond donors (Lipinski definition) is 1. The smallest absolute Gasteiger partial charge is 0.328 e. The standard InChI is InChI=1S/C16H15N5O4S/c1-8-13(17-14(26-8)11-4-3-5-25-11)15(22)21-7-12-19-18-9(2)20(12)6-10(21)16(23)24/h3-5,10H,6-7H2,1-2H3,(H,23,24). The molecule has 1 unspecified atom stereocenters. The van der Waals surface area contributed by atoms with Gasteiger partial charge in [-0.25, -0.2) is 9.78 Å². The number of aliphatic carboxylic acids is 1. The molecule has 26 heavy (non-hydrogen) atoms. The Bertz CT molecular complexity index is 991. The van der Waals surface area contributed by atoms with Crippen molar-refractivity contribution in [2.24, 2.45) is 0 Å². The molecule has 0 radical (unpaired) electrons. The maximum atomic E-state index is 13.1. The van der Waals surface area contributed by atoms with Crippen molar-refractivity contribution in [1.82, 2.24) is 24.6 Å². The lowest BCUT2D eigenvalue weighted by molar-refractivity contribution is -0.143. The number of carboxylic acids is 1. The first kappa shape index (κ1) is 16.5. The van der Waals surface area contributed by atoms with Gasteiger partial charge in [0.25, 0.3) is 5.91 Å². The summed E-state index contributed by atoms with van der Waals surface area (Å²) in [7, 11) is 0. The molecule has 0 aromatic carbocycles. The highest BCUT2D eigenvalue weighted by Crippen LogP contribution is 2.30. The summed E-state index contributed by atoms with van der Waals surface area (Å²) < 4.78 is 7.06. The molecule has 3 aromatic heterocycles. The zero-order chi connectivity index (χ0) is 18.4. The predicted octanol–water partition coefficient (Wildman–Crippen LogP) is 1.72. The second kappa shape index (κ2) is 6.06. The Hall–Kier alpha value is -3.01. The molecule has 0 spiro atoms. The summed E-state index contributed by atoms with van der Waals surface area (Å²) in [5.41, 5.74) is 0.234. The first-order valence-corrected chi connectivity index (χ1v) is 8.71. The number of thiazole rings is 1. The lowest BCUT2D eigenvalue weighted by atomic mass is 10.1. The fraction of sp³-hybridized carbons (Fsp3) is 0.312. The molecule has 0 fully saturated rings. The number of amides is 1. The second-order valence-corrected chi connectivity index (χ2v) is 7.17. The van der Waals surface area contributed by atoms with E-state index in [0.717, 1.165) is 0 Å². The molecule has 0 aliphatic carbocycles. The van der Waals surface area contributed by atoms with Crippen LogP contribution in [0.5, 0.6) is 0 Å². The van der Waals surface area contributed by atoms with Crippen LogP contribution in [0.2, 0.25) is 0 Å². The van der Waals surface area contributed by atoms with Gasteiger partial charge in [0.1, 0.15) is 17.6 Å².